The van der Waals surface area contributed by atoms with E-state index < -0.39 is 0 Å². The SMILES string of the molecule is CCN(CCCCO)Cc1[nH]cc(C)c(=O)c1C. The van der Waals surface area contributed by atoms with Gasteiger partial charge in [-0.25, -0.2) is 0 Å². The average molecular weight is 252 g/mol. The summed E-state index contributed by atoms with van der Waals surface area (Å²) >= 11 is 0. The molecule has 0 aliphatic rings. The van der Waals surface area contributed by atoms with Crippen LogP contribution in [-0.4, -0.2) is 34.7 Å². The molecular formula is C14H24N2O2. The minimum atomic E-state index is 0.134. The molecule has 0 radical (unpaired) electrons. The predicted molar refractivity (Wildman–Crippen MR) is 73.8 cm³/mol. The Morgan fingerprint density at radius 3 is 2.67 bits per heavy atom. The minimum absolute atomic E-state index is 0.134. The number of rotatable bonds is 7. The van der Waals surface area contributed by atoms with Gasteiger partial charge in [0.25, 0.3) is 0 Å². The van der Waals surface area contributed by atoms with Crippen LogP contribution in [0.3, 0.4) is 0 Å². The van der Waals surface area contributed by atoms with Gasteiger partial charge in [0, 0.05) is 36.2 Å². The highest BCUT2D eigenvalue weighted by molar-refractivity contribution is 5.23. The Balaban J connectivity index is 2.70. The summed E-state index contributed by atoms with van der Waals surface area (Å²) in [6, 6.07) is 0. The molecule has 0 saturated carbocycles. The first-order valence-corrected chi connectivity index (χ1v) is 6.61. The van der Waals surface area contributed by atoms with Crippen LogP contribution in [0.2, 0.25) is 0 Å². The van der Waals surface area contributed by atoms with E-state index in [1.807, 2.05) is 13.8 Å². The van der Waals surface area contributed by atoms with Crippen LogP contribution < -0.4 is 5.43 Å². The molecule has 4 heteroatoms. The van der Waals surface area contributed by atoms with Crippen molar-refractivity contribution in [3.8, 4) is 0 Å². The Morgan fingerprint density at radius 1 is 1.33 bits per heavy atom. The molecule has 1 rings (SSSR count). The minimum Gasteiger partial charge on any atom is -0.396 e. The van der Waals surface area contributed by atoms with Gasteiger partial charge in [-0.05, 0) is 39.8 Å². The smallest absolute Gasteiger partial charge is 0.187 e. The Bertz CT molecular complexity index is 426. The Hall–Kier alpha value is -1.13. The molecule has 1 heterocycles. The lowest BCUT2D eigenvalue weighted by molar-refractivity contribution is 0.241. The second-order valence-corrected chi connectivity index (χ2v) is 4.70. The standard InChI is InChI=1S/C14H24N2O2/c1-4-16(7-5-6-8-17)10-13-12(3)14(18)11(2)9-15-13/h9,17H,4-8,10H2,1-3H3,(H,15,18). The highest BCUT2D eigenvalue weighted by atomic mass is 16.2. The Kier molecular flexibility index (Phi) is 6.09. The van der Waals surface area contributed by atoms with Crippen molar-refractivity contribution in [1.29, 1.82) is 0 Å². The maximum absolute atomic E-state index is 11.8. The van der Waals surface area contributed by atoms with Gasteiger partial charge in [-0.3, -0.25) is 9.69 Å². The normalized spacial score (nSPS) is 11.2. The van der Waals surface area contributed by atoms with Crippen LogP contribution in [0.25, 0.3) is 0 Å². The molecule has 18 heavy (non-hydrogen) atoms. The third kappa shape index (κ3) is 3.96. The molecule has 102 valence electrons. The molecule has 0 amide bonds. The third-order valence-electron chi connectivity index (χ3n) is 3.33. The molecule has 0 bridgehead atoms. The summed E-state index contributed by atoms with van der Waals surface area (Å²) < 4.78 is 0. The number of hydrogen-bond acceptors (Lipinski definition) is 3. The van der Waals surface area contributed by atoms with Crippen LogP contribution in [0.4, 0.5) is 0 Å². The van der Waals surface area contributed by atoms with E-state index in [0.29, 0.717) is 0 Å². The molecule has 0 atom stereocenters. The van der Waals surface area contributed by atoms with Crippen LogP contribution in [0, 0.1) is 13.8 Å². The first-order chi connectivity index (χ1) is 8.60. The Morgan fingerprint density at radius 2 is 2.06 bits per heavy atom. The molecule has 0 aromatic carbocycles. The predicted octanol–water partition coefficient (Wildman–Crippen LogP) is 1.59. The van der Waals surface area contributed by atoms with Gasteiger partial charge in [0.1, 0.15) is 0 Å². The molecule has 0 aliphatic carbocycles. The Labute approximate surface area is 109 Å². The van der Waals surface area contributed by atoms with Gasteiger partial charge < -0.3 is 10.1 Å². The maximum atomic E-state index is 11.8. The fraction of sp³-hybridized carbons (Fsp3) is 0.643. The molecule has 0 unspecified atom stereocenters. The molecule has 0 fully saturated rings. The van der Waals surface area contributed by atoms with Crippen LogP contribution >= 0.6 is 0 Å². The number of aryl methyl sites for hydroxylation is 1. The number of aliphatic hydroxyl groups is 1. The third-order valence-corrected chi connectivity index (χ3v) is 3.33. The zero-order valence-corrected chi connectivity index (χ0v) is 11.6. The molecule has 0 saturated heterocycles. The van der Waals surface area contributed by atoms with Crippen molar-refractivity contribution >= 4 is 0 Å². The summed E-state index contributed by atoms with van der Waals surface area (Å²) in [5.74, 6) is 0. The van der Waals surface area contributed by atoms with E-state index >= 15 is 0 Å². The first kappa shape index (κ1) is 14.9. The number of H-pyrrole nitrogens is 1. The number of unbranched alkanes of at least 4 members (excludes halogenated alkanes) is 1. The van der Waals surface area contributed by atoms with E-state index in [4.69, 9.17) is 5.11 Å². The second-order valence-electron chi connectivity index (χ2n) is 4.70. The lowest BCUT2D eigenvalue weighted by Crippen LogP contribution is -2.27. The number of aromatic amines is 1. The van der Waals surface area contributed by atoms with Crippen molar-refractivity contribution in [3.05, 3.63) is 33.2 Å². The van der Waals surface area contributed by atoms with Gasteiger partial charge >= 0.3 is 0 Å². The highest BCUT2D eigenvalue weighted by Crippen LogP contribution is 2.06. The van der Waals surface area contributed by atoms with Crippen molar-refractivity contribution in [3.63, 3.8) is 0 Å². The number of aromatic nitrogens is 1. The van der Waals surface area contributed by atoms with Crippen LogP contribution in [0.5, 0.6) is 0 Å². The van der Waals surface area contributed by atoms with Gasteiger partial charge in [-0.1, -0.05) is 6.92 Å². The zero-order valence-electron chi connectivity index (χ0n) is 11.6. The lowest BCUT2D eigenvalue weighted by atomic mass is 10.1. The van der Waals surface area contributed by atoms with Crippen LogP contribution in [-0.2, 0) is 6.54 Å². The molecule has 2 N–H and O–H groups in total. The molecule has 1 aromatic rings. The topological polar surface area (TPSA) is 56.3 Å². The summed E-state index contributed by atoms with van der Waals surface area (Å²) in [5.41, 5.74) is 2.71. The summed E-state index contributed by atoms with van der Waals surface area (Å²) in [6.07, 6.45) is 3.60. The maximum Gasteiger partial charge on any atom is 0.187 e. The monoisotopic (exact) mass is 252 g/mol. The van der Waals surface area contributed by atoms with Crippen LogP contribution in [0.15, 0.2) is 11.0 Å². The largest absolute Gasteiger partial charge is 0.396 e. The molecule has 1 aromatic heterocycles. The van der Waals surface area contributed by atoms with E-state index in [2.05, 4.69) is 16.8 Å². The van der Waals surface area contributed by atoms with Crippen molar-refractivity contribution in [2.45, 2.75) is 40.2 Å². The first-order valence-electron chi connectivity index (χ1n) is 6.61. The van der Waals surface area contributed by atoms with E-state index in [-0.39, 0.29) is 12.0 Å². The number of nitrogens with one attached hydrogen (secondary N) is 1. The summed E-state index contributed by atoms with van der Waals surface area (Å²) in [6.45, 7) is 8.73. The van der Waals surface area contributed by atoms with Gasteiger partial charge in [0.2, 0.25) is 0 Å². The summed E-state index contributed by atoms with van der Waals surface area (Å²) in [7, 11) is 0. The molecule has 4 nitrogen and oxygen atoms in total. The summed E-state index contributed by atoms with van der Waals surface area (Å²) in [5, 5.41) is 8.79. The molecule has 0 aliphatic heterocycles. The van der Waals surface area contributed by atoms with Gasteiger partial charge in [-0.15, -0.1) is 0 Å². The number of aliphatic hydroxyl groups excluding tert-OH is 1. The van der Waals surface area contributed by atoms with E-state index in [1.165, 1.54) is 0 Å². The fourth-order valence-corrected chi connectivity index (χ4v) is 1.99. The summed E-state index contributed by atoms with van der Waals surface area (Å²) in [4.78, 5) is 17.3. The highest BCUT2D eigenvalue weighted by Gasteiger charge is 2.09. The van der Waals surface area contributed by atoms with E-state index in [9.17, 15) is 4.79 Å². The fourth-order valence-electron chi connectivity index (χ4n) is 1.99. The van der Waals surface area contributed by atoms with E-state index in [1.54, 1.807) is 6.20 Å². The molecule has 0 spiro atoms. The van der Waals surface area contributed by atoms with E-state index in [0.717, 1.165) is 49.3 Å². The van der Waals surface area contributed by atoms with Crippen molar-refractivity contribution < 1.29 is 5.11 Å². The average Bonchev–Trinajstić information content (AvgIpc) is 2.38. The number of hydrogen-bond donors (Lipinski definition) is 2. The van der Waals surface area contributed by atoms with Gasteiger partial charge in [0.15, 0.2) is 5.43 Å². The lowest BCUT2D eigenvalue weighted by Gasteiger charge is -2.21. The van der Waals surface area contributed by atoms with Crippen molar-refractivity contribution in [1.82, 2.24) is 9.88 Å². The zero-order chi connectivity index (χ0) is 13.5. The quantitative estimate of drug-likeness (QED) is 0.725. The van der Waals surface area contributed by atoms with Gasteiger partial charge in [0.05, 0.1) is 0 Å². The van der Waals surface area contributed by atoms with Gasteiger partial charge in [-0.2, -0.15) is 0 Å². The number of pyridine rings is 1. The molecular weight excluding hydrogens is 228 g/mol. The van der Waals surface area contributed by atoms with Crippen LogP contribution in [0.1, 0.15) is 36.6 Å². The van der Waals surface area contributed by atoms with Crippen molar-refractivity contribution in [2.24, 2.45) is 0 Å². The van der Waals surface area contributed by atoms with Crippen molar-refractivity contribution in [2.75, 3.05) is 19.7 Å². The number of nitrogens with zero attached hydrogens (tertiary/aromatic N) is 1. The second kappa shape index (κ2) is 7.34.